The molecule has 0 aliphatic heterocycles. The highest BCUT2D eigenvalue weighted by molar-refractivity contribution is 5.87. The van der Waals surface area contributed by atoms with E-state index in [0.717, 1.165) is 24.2 Å². The van der Waals surface area contributed by atoms with Crippen molar-refractivity contribution in [3.8, 4) is 17.0 Å². The van der Waals surface area contributed by atoms with E-state index >= 15 is 0 Å². The molecule has 1 aliphatic rings. The van der Waals surface area contributed by atoms with Gasteiger partial charge in [0.25, 0.3) is 0 Å². The maximum atomic E-state index is 11.5. The number of ether oxygens (including phenoxy) is 2. The number of nitrogens with zero attached hydrogens (tertiary/aromatic N) is 2. The number of benzene rings is 1. The van der Waals surface area contributed by atoms with Crippen LogP contribution in [0.25, 0.3) is 11.3 Å². The Morgan fingerprint density at radius 3 is 2.52 bits per heavy atom. The van der Waals surface area contributed by atoms with Crippen LogP contribution in [0.15, 0.2) is 36.7 Å². The van der Waals surface area contributed by atoms with Gasteiger partial charge in [-0.05, 0) is 49.9 Å². The van der Waals surface area contributed by atoms with Gasteiger partial charge >= 0.3 is 5.97 Å². The molecule has 1 aromatic carbocycles. The monoisotopic (exact) mass is 312 g/mol. The number of rotatable bonds is 4. The highest BCUT2D eigenvalue weighted by Gasteiger charge is 2.15. The summed E-state index contributed by atoms with van der Waals surface area (Å²) in [7, 11) is 1.33. The van der Waals surface area contributed by atoms with Gasteiger partial charge in [0.1, 0.15) is 5.75 Å². The Morgan fingerprint density at radius 2 is 1.83 bits per heavy atom. The molecule has 0 atom stereocenters. The van der Waals surface area contributed by atoms with Crippen molar-refractivity contribution < 1.29 is 14.3 Å². The Balaban J connectivity index is 1.72. The van der Waals surface area contributed by atoms with Gasteiger partial charge < -0.3 is 9.47 Å². The fourth-order valence-electron chi connectivity index (χ4n) is 2.79. The van der Waals surface area contributed by atoms with Gasteiger partial charge in [0.2, 0.25) is 0 Å². The molecule has 120 valence electrons. The first-order chi connectivity index (χ1) is 11.3. The molecule has 5 nitrogen and oxygen atoms in total. The molecule has 1 saturated carbocycles. The maximum Gasteiger partial charge on any atom is 0.358 e. The van der Waals surface area contributed by atoms with Gasteiger partial charge in [-0.2, -0.15) is 0 Å². The molecule has 1 aromatic heterocycles. The predicted octanol–water partition coefficient (Wildman–Crippen LogP) is 3.64. The van der Waals surface area contributed by atoms with Crippen LogP contribution in [-0.4, -0.2) is 29.2 Å². The number of esters is 1. The van der Waals surface area contributed by atoms with Crippen molar-refractivity contribution in [2.24, 2.45) is 0 Å². The van der Waals surface area contributed by atoms with E-state index in [-0.39, 0.29) is 5.69 Å². The molecule has 1 aliphatic carbocycles. The van der Waals surface area contributed by atoms with Crippen molar-refractivity contribution in [2.75, 3.05) is 7.11 Å². The maximum absolute atomic E-state index is 11.5. The average molecular weight is 312 g/mol. The number of aromatic nitrogens is 2. The molecule has 0 unspecified atom stereocenters. The average Bonchev–Trinajstić information content (AvgIpc) is 2.62. The summed E-state index contributed by atoms with van der Waals surface area (Å²) in [4.78, 5) is 19.9. The Morgan fingerprint density at radius 1 is 1.09 bits per heavy atom. The van der Waals surface area contributed by atoms with Crippen molar-refractivity contribution in [1.29, 1.82) is 0 Å². The zero-order valence-corrected chi connectivity index (χ0v) is 13.2. The Hall–Kier alpha value is -2.43. The van der Waals surface area contributed by atoms with Crippen molar-refractivity contribution in [2.45, 2.75) is 38.2 Å². The van der Waals surface area contributed by atoms with Crippen LogP contribution in [0.3, 0.4) is 0 Å². The SMILES string of the molecule is COC(=O)c1cncc(-c2ccc(OC3CCCCC3)cc2)n1. The Kier molecular flexibility index (Phi) is 4.86. The zero-order valence-electron chi connectivity index (χ0n) is 13.2. The third kappa shape index (κ3) is 3.86. The van der Waals surface area contributed by atoms with Crippen molar-refractivity contribution in [3.63, 3.8) is 0 Å². The van der Waals surface area contributed by atoms with Crippen LogP contribution in [0.5, 0.6) is 5.75 Å². The van der Waals surface area contributed by atoms with E-state index in [1.807, 2.05) is 24.3 Å². The molecule has 3 rings (SSSR count). The first-order valence-corrected chi connectivity index (χ1v) is 7.94. The van der Waals surface area contributed by atoms with Crippen LogP contribution in [0.4, 0.5) is 0 Å². The second-order valence-electron chi connectivity index (χ2n) is 5.68. The highest BCUT2D eigenvalue weighted by atomic mass is 16.5. The molecule has 0 bridgehead atoms. The van der Waals surface area contributed by atoms with Gasteiger partial charge in [-0.25, -0.2) is 9.78 Å². The molecule has 1 heterocycles. The third-order valence-electron chi connectivity index (χ3n) is 4.03. The van der Waals surface area contributed by atoms with Crippen LogP contribution in [0.2, 0.25) is 0 Å². The minimum atomic E-state index is -0.489. The Bertz CT molecular complexity index is 664. The molecule has 2 aromatic rings. The second kappa shape index (κ2) is 7.22. The molecule has 0 spiro atoms. The standard InChI is InChI=1S/C18H20N2O3/c1-22-18(21)17-12-19-11-16(20-17)13-7-9-15(10-8-13)23-14-5-3-2-4-6-14/h7-12,14H,2-6H2,1H3. The quantitative estimate of drug-likeness (QED) is 0.807. The number of hydrogen-bond donors (Lipinski definition) is 0. The number of carbonyl (C=O) groups is 1. The summed E-state index contributed by atoms with van der Waals surface area (Å²) in [6.07, 6.45) is 9.44. The highest BCUT2D eigenvalue weighted by Crippen LogP contribution is 2.25. The summed E-state index contributed by atoms with van der Waals surface area (Å²) in [5, 5.41) is 0. The number of methoxy groups -OCH3 is 1. The topological polar surface area (TPSA) is 61.3 Å². The lowest BCUT2D eigenvalue weighted by atomic mass is 9.98. The second-order valence-corrected chi connectivity index (χ2v) is 5.68. The van der Waals surface area contributed by atoms with Gasteiger partial charge in [-0.3, -0.25) is 4.98 Å². The minimum Gasteiger partial charge on any atom is -0.490 e. The smallest absolute Gasteiger partial charge is 0.358 e. The summed E-state index contributed by atoms with van der Waals surface area (Å²) < 4.78 is 10.7. The molecule has 0 radical (unpaired) electrons. The van der Waals surface area contributed by atoms with Gasteiger partial charge in [-0.15, -0.1) is 0 Å². The lowest BCUT2D eigenvalue weighted by Crippen LogP contribution is -2.19. The van der Waals surface area contributed by atoms with Crippen LogP contribution in [0.1, 0.15) is 42.6 Å². The van der Waals surface area contributed by atoms with Crippen LogP contribution in [0, 0.1) is 0 Å². The predicted molar refractivity (Wildman–Crippen MR) is 86.3 cm³/mol. The van der Waals surface area contributed by atoms with Crippen molar-refractivity contribution in [1.82, 2.24) is 9.97 Å². The minimum absolute atomic E-state index is 0.201. The van der Waals surface area contributed by atoms with E-state index in [2.05, 4.69) is 14.7 Å². The van der Waals surface area contributed by atoms with Crippen LogP contribution < -0.4 is 4.74 Å². The van der Waals surface area contributed by atoms with E-state index in [4.69, 9.17) is 4.74 Å². The normalized spacial score (nSPS) is 15.2. The zero-order chi connectivity index (χ0) is 16.1. The first kappa shape index (κ1) is 15.5. The first-order valence-electron chi connectivity index (χ1n) is 7.94. The summed E-state index contributed by atoms with van der Waals surface area (Å²) >= 11 is 0. The third-order valence-corrected chi connectivity index (χ3v) is 4.03. The molecule has 0 N–H and O–H groups in total. The summed E-state index contributed by atoms with van der Waals surface area (Å²) in [5.41, 5.74) is 1.73. The fraction of sp³-hybridized carbons (Fsp3) is 0.389. The molecule has 0 amide bonds. The number of carbonyl (C=O) groups excluding carboxylic acids is 1. The molecule has 23 heavy (non-hydrogen) atoms. The van der Waals surface area contributed by atoms with Crippen molar-refractivity contribution >= 4 is 5.97 Å². The molecular weight excluding hydrogens is 292 g/mol. The molecule has 5 heteroatoms. The van der Waals surface area contributed by atoms with Gasteiger partial charge in [0.05, 0.1) is 31.3 Å². The fourth-order valence-corrected chi connectivity index (χ4v) is 2.79. The van der Waals surface area contributed by atoms with Crippen LogP contribution >= 0.6 is 0 Å². The van der Waals surface area contributed by atoms with E-state index in [1.165, 1.54) is 32.6 Å². The molecular formula is C18H20N2O3. The lowest BCUT2D eigenvalue weighted by molar-refractivity contribution is 0.0593. The van der Waals surface area contributed by atoms with Crippen molar-refractivity contribution in [3.05, 3.63) is 42.4 Å². The van der Waals surface area contributed by atoms with Gasteiger partial charge in [0.15, 0.2) is 5.69 Å². The summed E-state index contributed by atoms with van der Waals surface area (Å²) in [6.45, 7) is 0. The summed E-state index contributed by atoms with van der Waals surface area (Å²) in [6, 6.07) is 7.75. The summed E-state index contributed by atoms with van der Waals surface area (Å²) in [5.74, 6) is 0.384. The van der Waals surface area contributed by atoms with Gasteiger partial charge in [-0.1, -0.05) is 6.42 Å². The molecule has 0 saturated heterocycles. The van der Waals surface area contributed by atoms with E-state index in [1.54, 1.807) is 6.20 Å². The molecule has 1 fully saturated rings. The Labute approximate surface area is 135 Å². The van der Waals surface area contributed by atoms with Crippen LogP contribution in [-0.2, 0) is 4.74 Å². The largest absolute Gasteiger partial charge is 0.490 e. The lowest BCUT2D eigenvalue weighted by Gasteiger charge is -2.23. The van der Waals surface area contributed by atoms with E-state index in [9.17, 15) is 4.79 Å². The van der Waals surface area contributed by atoms with E-state index < -0.39 is 5.97 Å². The van der Waals surface area contributed by atoms with Gasteiger partial charge in [0, 0.05) is 5.56 Å². The number of hydrogen-bond acceptors (Lipinski definition) is 5. The van der Waals surface area contributed by atoms with E-state index in [0.29, 0.717) is 11.8 Å².